The Kier molecular flexibility index (Phi) is 7.70. The van der Waals surface area contributed by atoms with E-state index in [1.807, 2.05) is 0 Å². The first-order valence-corrected chi connectivity index (χ1v) is 5.96. The van der Waals surface area contributed by atoms with Crippen LogP contribution in [0.4, 0.5) is 13.2 Å². The van der Waals surface area contributed by atoms with Crippen molar-refractivity contribution in [1.29, 1.82) is 0 Å². The molecule has 1 aromatic carbocycles. The Morgan fingerprint density at radius 1 is 1.22 bits per heavy atom. The van der Waals surface area contributed by atoms with E-state index in [9.17, 15) is 13.2 Å². The molecule has 0 unspecified atom stereocenters. The fourth-order valence-electron chi connectivity index (χ4n) is 1.39. The summed E-state index contributed by atoms with van der Waals surface area (Å²) in [6.45, 7) is 0.0652. The number of benzene rings is 1. The average Bonchev–Trinajstić information content (AvgIpc) is 2.24. The second-order valence-corrected chi connectivity index (χ2v) is 4.73. The van der Waals surface area contributed by atoms with Gasteiger partial charge in [0, 0.05) is 17.5 Å². The van der Waals surface area contributed by atoms with E-state index >= 15 is 0 Å². The summed E-state index contributed by atoms with van der Waals surface area (Å²) in [5, 5.41) is 8.65. The van der Waals surface area contributed by atoms with E-state index in [-0.39, 0.29) is 41.7 Å². The molecule has 0 spiro atoms. The third-order valence-corrected chi connectivity index (χ3v) is 2.95. The van der Waals surface area contributed by atoms with Crippen LogP contribution in [0.15, 0.2) is 29.2 Å². The van der Waals surface area contributed by atoms with E-state index < -0.39 is 5.51 Å². The van der Waals surface area contributed by atoms with Gasteiger partial charge in [0.2, 0.25) is 0 Å². The molecule has 0 saturated carbocycles. The highest BCUT2D eigenvalue weighted by molar-refractivity contribution is 8.00. The van der Waals surface area contributed by atoms with Gasteiger partial charge in [-0.05, 0) is 42.3 Å². The lowest BCUT2D eigenvalue weighted by Crippen LogP contribution is -2.10. The molecule has 1 aromatic rings. The van der Waals surface area contributed by atoms with Gasteiger partial charge in [0.1, 0.15) is 0 Å². The number of hydrogen-bond donors (Lipinski definition) is 2. The van der Waals surface area contributed by atoms with E-state index in [1.165, 1.54) is 12.1 Å². The number of aliphatic hydroxyl groups is 1. The summed E-state index contributed by atoms with van der Waals surface area (Å²) in [5.41, 5.74) is 2.34. The van der Waals surface area contributed by atoms with Crippen LogP contribution in [0, 0.1) is 0 Å². The molecule has 0 bridgehead atoms. The third kappa shape index (κ3) is 6.49. The zero-order valence-electron chi connectivity index (χ0n) is 9.48. The molecule has 0 aliphatic rings. The van der Waals surface area contributed by atoms with Gasteiger partial charge in [-0.25, -0.2) is 0 Å². The Balaban J connectivity index is 0.00000289. The van der Waals surface area contributed by atoms with Crippen molar-refractivity contribution in [2.24, 2.45) is 5.73 Å². The lowest BCUT2D eigenvalue weighted by molar-refractivity contribution is -0.0328. The molecule has 104 valence electrons. The number of aliphatic hydroxyl groups excluding tert-OH is 1. The maximum atomic E-state index is 12.1. The molecule has 7 heteroatoms. The Morgan fingerprint density at radius 3 is 2.22 bits per heavy atom. The summed E-state index contributed by atoms with van der Waals surface area (Å²) in [6.07, 6.45) is 1.20. The highest BCUT2D eigenvalue weighted by atomic mass is 35.5. The van der Waals surface area contributed by atoms with Gasteiger partial charge in [0.15, 0.2) is 0 Å². The third-order valence-electron chi connectivity index (χ3n) is 2.22. The summed E-state index contributed by atoms with van der Waals surface area (Å²) in [7, 11) is 0. The van der Waals surface area contributed by atoms with Crippen LogP contribution in [-0.2, 0) is 0 Å². The van der Waals surface area contributed by atoms with Crippen molar-refractivity contribution < 1.29 is 18.3 Å². The van der Waals surface area contributed by atoms with Gasteiger partial charge in [0.25, 0.3) is 0 Å². The normalized spacial score (nSPS) is 12.9. The van der Waals surface area contributed by atoms with Crippen LogP contribution in [0.2, 0.25) is 0 Å². The predicted octanol–water partition coefficient (Wildman–Crippen LogP) is 3.49. The Bertz CT molecular complexity index is 345. The van der Waals surface area contributed by atoms with Crippen molar-refractivity contribution in [3.8, 4) is 0 Å². The van der Waals surface area contributed by atoms with Gasteiger partial charge >= 0.3 is 5.51 Å². The molecule has 1 atom stereocenters. The lowest BCUT2D eigenvalue weighted by atomic mass is 10.0. The second kappa shape index (κ2) is 7.89. The molecule has 2 nitrogen and oxygen atoms in total. The molecule has 0 heterocycles. The smallest absolute Gasteiger partial charge is 0.396 e. The standard InChI is InChI=1S/C11H14F3NOS.ClH/c12-11(13,14)17-9-5-3-8(4-6-9)10(15)2-1-7-16;/h3-6,10,16H,1-2,7,15H2;1H/t10-;/m0./s1. The number of hydrogen-bond acceptors (Lipinski definition) is 3. The van der Waals surface area contributed by atoms with Gasteiger partial charge in [-0.3, -0.25) is 0 Å². The molecule has 0 fully saturated rings. The van der Waals surface area contributed by atoms with E-state index in [1.54, 1.807) is 12.1 Å². The Hall–Kier alpha value is -0.430. The van der Waals surface area contributed by atoms with Crippen LogP contribution in [0.5, 0.6) is 0 Å². The van der Waals surface area contributed by atoms with Gasteiger partial charge < -0.3 is 10.8 Å². The largest absolute Gasteiger partial charge is 0.446 e. The molecule has 0 radical (unpaired) electrons. The Morgan fingerprint density at radius 2 is 1.78 bits per heavy atom. The number of halogens is 4. The molecule has 18 heavy (non-hydrogen) atoms. The predicted molar refractivity (Wildman–Crippen MR) is 68.9 cm³/mol. The number of thioether (sulfide) groups is 1. The molecular formula is C11H15ClF3NOS. The Labute approximate surface area is 114 Å². The minimum atomic E-state index is -4.26. The summed E-state index contributed by atoms with van der Waals surface area (Å²) < 4.78 is 36.2. The quantitative estimate of drug-likeness (QED) is 0.818. The summed E-state index contributed by atoms with van der Waals surface area (Å²) in [4.78, 5) is 0.149. The molecule has 1 rings (SSSR count). The first-order valence-electron chi connectivity index (χ1n) is 5.14. The molecule has 0 aliphatic heterocycles. The molecule has 0 amide bonds. The summed E-state index contributed by atoms with van der Waals surface area (Å²) in [5.74, 6) is 0. The van der Waals surface area contributed by atoms with E-state index in [0.29, 0.717) is 12.8 Å². The van der Waals surface area contributed by atoms with Gasteiger partial charge in [-0.15, -0.1) is 12.4 Å². The van der Waals surface area contributed by atoms with Crippen LogP contribution >= 0.6 is 24.2 Å². The number of nitrogens with two attached hydrogens (primary N) is 1. The van der Waals surface area contributed by atoms with Crippen LogP contribution in [0.25, 0.3) is 0 Å². The fraction of sp³-hybridized carbons (Fsp3) is 0.455. The van der Waals surface area contributed by atoms with Gasteiger partial charge in [0.05, 0.1) is 0 Å². The lowest BCUT2D eigenvalue weighted by Gasteiger charge is -2.12. The van der Waals surface area contributed by atoms with Crippen molar-refractivity contribution in [3.63, 3.8) is 0 Å². The maximum Gasteiger partial charge on any atom is 0.446 e. The molecule has 3 N–H and O–H groups in total. The van der Waals surface area contributed by atoms with Crippen molar-refractivity contribution in [2.45, 2.75) is 29.3 Å². The molecule has 0 aromatic heterocycles. The minimum Gasteiger partial charge on any atom is -0.396 e. The van der Waals surface area contributed by atoms with Crippen LogP contribution < -0.4 is 5.73 Å². The number of alkyl halides is 3. The topological polar surface area (TPSA) is 46.2 Å². The first-order chi connectivity index (χ1) is 7.92. The van der Waals surface area contributed by atoms with Crippen LogP contribution in [-0.4, -0.2) is 17.2 Å². The summed E-state index contributed by atoms with van der Waals surface area (Å²) >= 11 is -0.142. The van der Waals surface area contributed by atoms with Crippen molar-refractivity contribution in [1.82, 2.24) is 0 Å². The highest BCUT2D eigenvalue weighted by Crippen LogP contribution is 2.37. The first kappa shape index (κ1) is 17.6. The average molecular weight is 302 g/mol. The van der Waals surface area contributed by atoms with Crippen molar-refractivity contribution >= 4 is 24.2 Å². The molecule has 0 saturated heterocycles. The van der Waals surface area contributed by atoms with Crippen LogP contribution in [0.1, 0.15) is 24.4 Å². The monoisotopic (exact) mass is 301 g/mol. The van der Waals surface area contributed by atoms with E-state index in [2.05, 4.69) is 0 Å². The molecular weight excluding hydrogens is 287 g/mol. The van der Waals surface area contributed by atoms with E-state index in [4.69, 9.17) is 10.8 Å². The van der Waals surface area contributed by atoms with Crippen LogP contribution in [0.3, 0.4) is 0 Å². The minimum absolute atomic E-state index is 0. The summed E-state index contributed by atoms with van der Waals surface area (Å²) in [6, 6.07) is 5.76. The fourth-order valence-corrected chi connectivity index (χ4v) is 1.93. The SMILES string of the molecule is Cl.N[C@@H](CCCO)c1ccc(SC(F)(F)F)cc1. The van der Waals surface area contributed by atoms with Gasteiger partial charge in [-0.2, -0.15) is 13.2 Å². The second-order valence-electron chi connectivity index (χ2n) is 3.59. The van der Waals surface area contributed by atoms with Gasteiger partial charge in [-0.1, -0.05) is 12.1 Å². The van der Waals surface area contributed by atoms with Crippen molar-refractivity contribution in [3.05, 3.63) is 29.8 Å². The molecule has 0 aliphatic carbocycles. The number of rotatable bonds is 5. The zero-order chi connectivity index (χ0) is 12.9. The maximum absolute atomic E-state index is 12.1. The van der Waals surface area contributed by atoms with Crippen molar-refractivity contribution in [2.75, 3.05) is 6.61 Å². The highest BCUT2D eigenvalue weighted by Gasteiger charge is 2.29. The van der Waals surface area contributed by atoms with E-state index in [0.717, 1.165) is 5.56 Å². The zero-order valence-corrected chi connectivity index (χ0v) is 11.1.